The van der Waals surface area contributed by atoms with Gasteiger partial charge in [0.05, 0.1) is 0 Å². The third-order valence-electron chi connectivity index (χ3n) is 6.30. The van der Waals surface area contributed by atoms with Gasteiger partial charge in [0.25, 0.3) is 0 Å². The van der Waals surface area contributed by atoms with Crippen LogP contribution in [0.5, 0.6) is 0 Å². The molecule has 0 aromatic rings. The van der Waals surface area contributed by atoms with Crippen molar-refractivity contribution in [2.75, 3.05) is 0 Å². The molecule has 0 amide bonds. The van der Waals surface area contributed by atoms with Crippen LogP contribution >= 0.6 is 0 Å². The predicted octanol–water partition coefficient (Wildman–Crippen LogP) is 11.1. The van der Waals surface area contributed by atoms with E-state index in [0.717, 1.165) is 11.8 Å². The Balaban J connectivity index is -0.0000000931. The average molecular weight is 679 g/mol. The van der Waals surface area contributed by atoms with Crippen LogP contribution in [0.1, 0.15) is 148 Å². The summed E-state index contributed by atoms with van der Waals surface area (Å²) < 4.78 is 25.7. The van der Waals surface area contributed by atoms with E-state index in [0.29, 0.717) is 0 Å². The summed E-state index contributed by atoms with van der Waals surface area (Å²) in [6.07, 6.45) is 11.9. The van der Waals surface area contributed by atoms with Crippen molar-refractivity contribution in [2.45, 2.75) is 168 Å². The molecule has 0 N–H and O–H groups in total. The fourth-order valence-corrected chi connectivity index (χ4v) is 11.6. The van der Waals surface area contributed by atoms with Crippen molar-refractivity contribution in [1.82, 2.24) is 0 Å². The van der Waals surface area contributed by atoms with Crippen LogP contribution in [0.4, 0.5) is 0 Å². The van der Waals surface area contributed by atoms with Gasteiger partial charge in [-0.25, -0.2) is 14.2 Å². The first-order valence-electron chi connectivity index (χ1n) is 14.2. The first-order valence-corrected chi connectivity index (χ1v) is 17.0. The Morgan fingerprint density at radius 1 is 0.525 bits per heavy atom. The molecular weight excluding hydrogens is 614 g/mol. The Morgan fingerprint density at radius 3 is 0.700 bits per heavy atom. The summed E-state index contributed by atoms with van der Waals surface area (Å²) >= 11 is 0. The maximum Gasteiger partial charge on any atom is 2.00 e. The van der Waals surface area contributed by atoms with Gasteiger partial charge in [0.2, 0.25) is 0 Å². The topological polar surface area (TPSA) is 58.3 Å². The monoisotopic (exact) mass is 678 g/mol. The Kier molecular flexibility index (Phi) is 36.6. The van der Waals surface area contributed by atoms with E-state index in [9.17, 15) is 0 Å². The summed E-state index contributed by atoms with van der Waals surface area (Å²) in [5, 5.41) is 1.07. The summed E-state index contributed by atoms with van der Waals surface area (Å²) in [5.74, 6) is 2.09. The summed E-state index contributed by atoms with van der Waals surface area (Å²) in [7, 11) is 5.48. The minimum atomic E-state index is -0.826. The third-order valence-corrected chi connectivity index (χ3v) is 12.3. The third kappa shape index (κ3) is 30.3. The molecule has 2 fully saturated rings. The van der Waals surface area contributed by atoms with Gasteiger partial charge in [-0.3, -0.25) is 0 Å². The van der Waals surface area contributed by atoms with Gasteiger partial charge in [-0.05, 0) is 32.0 Å². The molecule has 0 saturated heterocycles. The van der Waals surface area contributed by atoms with E-state index in [1.807, 2.05) is 0 Å². The average Bonchev–Trinajstić information content (AvgIpc) is 3.42. The Hall–Kier alpha value is 0.873. The minimum absolute atomic E-state index is 0. The molecule has 2 saturated carbocycles. The Labute approximate surface area is 276 Å². The predicted molar refractivity (Wildman–Crippen MR) is 166 cm³/mol. The van der Waals surface area contributed by atoms with E-state index < -0.39 is 18.1 Å². The van der Waals surface area contributed by atoms with E-state index in [-0.39, 0.29) is 54.3 Å². The van der Waals surface area contributed by atoms with Crippen LogP contribution in [0.2, 0.25) is 20.2 Å². The van der Waals surface area contributed by atoms with Gasteiger partial charge in [0.15, 0.2) is 18.1 Å². The van der Waals surface area contributed by atoms with Gasteiger partial charge in [0.1, 0.15) is 0 Å². The summed E-state index contributed by atoms with van der Waals surface area (Å²) in [4.78, 5) is 0. The van der Waals surface area contributed by atoms with Crippen LogP contribution in [0, 0.1) is 39.4 Å². The van der Waals surface area contributed by atoms with E-state index >= 15 is 0 Å². The molecule has 0 aromatic heterocycles. The molecular formula is C32H64Mn2O4Si2. The van der Waals surface area contributed by atoms with Gasteiger partial charge in [-0.1, -0.05) is 148 Å². The molecule has 0 unspecified atom stereocenters. The van der Waals surface area contributed by atoms with Gasteiger partial charge in [-0.2, -0.15) is 0 Å². The van der Waals surface area contributed by atoms with E-state index in [1.165, 1.54) is 51.4 Å². The zero-order valence-corrected chi connectivity index (χ0v) is 33.0. The SMILES string of the molecule is CC1CCCC1.CC1CCCC1.[C-]#[O+].[C-]#[O+].[CH2-]O[Si](C(C)(C)C)C(C)(C)C.[CH2-]O[Si](C(C)(C)C)C(C)(C)C.[Mn+2].[Mn]. The maximum atomic E-state index is 7.50. The number of hydrogen-bond acceptors (Lipinski definition) is 2. The largest absolute Gasteiger partial charge is 2.00 e. The van der Waals surface area contributed by atoms with Crippen molar-refractivity contribution in [3.63, 3.8) is 0 Å². The van der Waals surface area contributed by atoms with Gasteiger partial charge >= 0.3 is 39.7 Å². The fraction of sp³-hybridized carbons (Fsp3) is 0.875. The van der Waals surface area contributed by atoms with Crippen molar-refractivity contribution in [3.05, 3.63) is 27.5 Å². The standard InChI is InChI=1S/2C9H20OSi.2C6H12.2CO.2Mn/c2*1-8(2,3)11(10-7)9(4,5)6;2*1-6-4-2-3-5-6;2*1-2;;/h2*7H2,1-6H3;2*6H,2-5H2,1H3;;;;/q2*-1;;;;;;+2. The zero-order valence-electron chi connectivity index (χ0n) is 28.6. The van der Waals surface area contributed by atoms with Crippen molar-refractivity contribution >= 4 is 18.1 Å². The Bertz CT molecular complexity index is 494. The normalized spacial score (nSPS) is 15.6. The molecule has 2 aliphatic rings. The molecule has 4 radical (unpaired) electrons. The molecule has 0 bridgehead atoms. The minimum Gasteiger partial charge on any atom is -0.595 e. The summed E-state index contributed by atoms with van der Waals surface area (Å²) in [5.41, 5.74) is 0. The van der Waals surface area contributed by atoms with Crippen molar-refractivity contribution in [2.24, 2.45) is 11.8 Å². The van der Waals surface area contributed by atoms with Crippen LogP contribution in [0.3, 0.4) is 0 Å². The van der Waals surface area contributed by atoms with Crippen LogP contribution in [-0.2, 0) is 52.3 Å². The van der Waals surface area contributed by atoms with Gasteiger partial charge in [0, 0.05) is 17.1 Å². The molecule has 0 heterocycles. The molecule has 4 nitrogen and oxygen atoms in total. The molecule has 2 aliphatic carbocycles. The van der Waals surface area contributed by atoms with Crippen LogP contribution < -0.4 is 0 Å². The molecule has 0 aromatic carbocycles. The van der Waals surface area contributed by atoms with Crippen LogP contribution in [0.25, 0.3) is 0 Å². The quantitative estimate of drug-likeness (QED) is 0.166. The molecule has 8 heteroatoms. The smallest absolute Gasteiger partial charge is 0.595 e. The second-order valence-corrected chi connectivity index (χ2v) is 22.6. The first kappa shape index (κ1) is 53.4. The first-order chi connectivity index (χ1) is 17.2. The van der Waals surface area contributed by atoms with Crippen molar-refractivity contribution < 1.29 is 52.3 Å². The van der Waals surface area contributed by atoms with Crippen LogP contribution in [-0.4, -0.2) is 18.1 Å². The molecule has 0 aliphatic heterocycles. The number of rotatable bonds is 2. The van der Waals surface area contributed by atoms with Crippen molar-refractivity contribution in [3.8, 4) is 0 Å². The maximum absolute atomic E-state index is 7.50. The fourth-order valence-electron chi connectivity index (χ4n) is 5.38. The van der Waals surface area contributed by atoms with E-state index in [4.69, 9.17) is 18.2 Å². The van der Waals surface area contributed by atoms with E-state index in [1.54, 1.807) is 0 Å². The summed E-state index contributed by atoms with van der Waals surface area (Å²) in [6, 6.07) is 0. The molecule has 40 heavy (non-hydrogen) atoms. The molecule has 0 atom stereocenters. The molecule has 238 valence electrons. The van der Waals surface area contributed by atoms with E-state index in [2.05, 4.69) is 124 Å². The number of hydrogen-bond donors (Lipinski definition) is 0. The second kappa shape index (κ2) is 27.4. The summed E-state index contributed by atoms with van der Waals surface area (Å²) in [6.45, 7) is 40.3. The second-order valence-electron chi connectivity index (χ2n) is 14.7. The van der Waals surface area contributed by atoms with Gasteiger partial charge in [-0.15, -0.1) is 0 Å². The Morgan fingerprint density at radius 2 is 0.675 bits per heavy atom. The van der Waals surface area contributed by atoms with Gasteiger partial charge < -0.3 is 8.85 Å². The zero-order chi connectivity index (χ0) is 31.4. The molecule has 0 spiro atoms. The van der Waals surface area contributed by atoms with Crippen molar-refractivity contribution in [1.29, 1.82) is 0 Å². The molecule has 2 rings (SSSR count). The van der Waals surface area contributed by atoms with Crippen LogP contribution in [0.15, 0.2) is 0 Å².